The van der Waals surface area contributed by atoms with Crippen LogP contribution in [-0.4, -0.2) is 54.5 Å². The molecule has 0 aromatic heterocycles. The molecule has 2 atom stereocenters. The number of rotatable bonds is 2. The van der Waals surface area contributed by atoms with E-state index in [2.05, 4.69) is 4.90 Å². The highest BCUT2D eigenvalue weighted by Gasteiger charge is 2.29. The maximum absolute atomic E-state index is 10.6. The van der Waals surface area contributed by atoms with Crippen molar-refractivity contribution >= 4 is 6.41 Å². The van der Waals surface area contributed by atoms with E-state index >= 15 is 0 Å². The molecule has 0 aromatic rings. The molecule has 15 heavy (non-hydrogen) atoms. The van der Waals surface area contributed by atoms with Gasteiger partial charge in [-0.15, -0.1) is 0 Å². The van der Waals surface area contributed by atoms with Gasteiger partial charge in [-0.05, 0) is 12.8 Å². The van der Waals surface area contributed by atoms with E-state index in [-0.39, 0.29) is 0 Å². The van der Waals surface area contributed by atoms with E-state index in [0.717, 1.165) is 32.6 Å². The van der Waals surface area contributed by atoms with Crippen LogP contribution in [0.2, 0.25) is 0 Å². The van der Waals surface area contributed by atoms with Crippen molar-refractivity contribution in [3.63, 3.8) is 0 Å². The molecule has 0 bridgehead atoms. The Labute approximate surface area is 91.4 Å². The van der Waals surface area contributed by atoms with Gasteiger partial charge in [0.15, 0.2) is 0 Å². The van der Waals surface area contributed by atoms with Crippen molar-refractivity contribution in [1.82, 2.24) is 9.80 Å². The number of hydrogen-bond donors (Lipinski definition) is 1. The van der Waals surface area contributed by atoms with Gasteiger partial charge in [0.25, 0.3) is 0 Å². The molecule has 0 aromatic carbocycles. The topological polar surface area (TPSA) is 49.6 Å². The molecule has 1 saturated carbocycles. The Morgan fingerprint density at radius 1 is 1.07 bits per heavy atom. The van der Waals surface area contributed by atoms with Gasteiger partial charge in [0.2, 0.25) is 6.41 Å². The van der Waals surface area contributed by atoms with E-state index in [1.54, 1.807) is 0 Å². The molecule has 4 nitrogen and oxygen atoms in total. The SMILES string of the molecule is N[C@H]1CCCC[C@@H]1N1CCN(C=O)CC1. The molecule has 2 rings (SSSR count). The van der Waals surface area contributed by atoms with Gasteiger partial charge < -0.3 is 10.6 Å². The number of carbonyl (C=O) groups is 1. The zero-order chi connectivity index (χ0) is 10.7. The van der Waals surface area contributed by atoms with E-state index in [1.807, 2.05) is 4.90 Å². The molecule has 0 spiro atoms. The largest absolute Gasteiger partial charge is 0.343 e. The summed E-state index contributed by atoms with van der Waals surface area (Å²) in [6.07, 6.45) is 5.96. The Morgan fingerprint density at radius 3 is 2.33 bits per heavy atom. The van der Waals surface area contributed by atoms with Crippen LogP contribution in [0.1, 0.15) is 25.7 Å². The number of piperazine rings is 1. The molecule has 2 N–H and O–H groups in total. The molecule has 0 radical (unpaired) electrons. The first-order chi connectivity index (χ1) is 7.31. The molecule has 1 aliphatic heterocycles. The standard InChI is InChI=1S/C11H21N3O/c12-10-3-1-2-4-11(10)14-7-5-13(9-15)6-8-14/h9-11H,1-8,12H2/t10-,11-/m0/s1. The lowest BCUT2D eigenvalue weighted by Crippen LogP contribution is -2.56. The molecule has 0 unspecified atom stereocenters. The van der Waals surface area contributed by atoms with Crippen LogP contribution in [0.4, 0.5) is 0 Å². The molecule has 86 valence electrons. The second-order valence-electron chi connectivity index (χ2n) is 4.69. The van der Waals surface area contributed by atoms with Gasteiger partial charge in [-0.25, -0.2) is 0 Å². The number of carbonyl (C=O) groups excluding carboxylic acids is 1. The Kier molecular flexibility index (Phi) is 3.59. The summed E-state index contributed by atoms with van der Waals surface area (Å²) in [6.45, 7) is 3.73. The molecular formula is C11H21N3O. The van der Waals surface area contributed by atoms with Crippen molar-refractivity contribution in [1.29, 1.82) is 0 Å². The number of hydrogen-bond acceptors (Lipinski definition) is 3. The molecule has 2 aliphatic rings. The lowest BCUT2D eigenvalue weighted by molar-refractivity contribution is -0.120. The Hall–Kier alpha value is -0.610. The van der Waals surface area contributed by atoms with Gasteiger partial charge in [0, 0.05) is 38.3 Å². The summed E-state index contributed by atoms with van der Waals surface area (Å²) in [4.78, 5) is 14.9. The Balaban J connectivity index is 1.86. The van der Waals surface area contributed by atoms with Gasteiger partial charge in [-0.2, -0.15) is 0 Å². The lowest BCUT2D eigenvalue weighted by atomic mass is 9.89. The second kappa shape index (κ2) is 4.94. The fraction of sp³-hybridized carbons (Fsp3) is 0.909. The quantitative estimate of drug-likeness (QED) is 0.656. The van der Waals surface area contributed by atoms with E-state index in [9.17, 15) is 4.79 Å². The van der Waals surface area contributed by atoms with Crippen LogP contribution in [0, 0.1) is 0 Å². The highest BCUT2D eigenvalue weighted by molar-refractivity contribution is 5.47. The van der Waals surface area contributed by atoms with E-state index in [4.69, 9.17) is 5.73 Å². The second-order valence-corrected chi connectivity index (χ2v) is 4.69. The van der Waals surface area contributed by atoms with Crippen molar-refractivity contribution in [2.24, 2.45) is 5.73 Å². The summed E-state index contributed by atoms with van der Waals surface area (Å²) >= 11 is 0. The number of nitrogens with zero attached hydrogens (tertiary/aromatic N) is 2. The maximum atomic E-state index is 10.6. The molecule has 1 saturated heterocycles. The third-order valence-electron chi connectivity index (χ3n) is 3.75. The van der Waals surface area contributed by atoms with Crippen molar-refractivity contribution in [2.45, 2.75) is 37.8 Å². The Bertz CT molecular complexity index is 214. The van der Waals surface area contributed by atoms with Gasteiger partial charge in [-0.1, -0.05) is 12.8 Å². The zero-order valence-corrected chi connectivity index (χ0v) is 9.27. The molecule has 2 fully saturated rings. The van der Waals surface area contributed by atoms with Crippen molar-refractivity contribution in [3.8, 4) is 0 Å². The average Bonchev–Trinajstić information content (AvgIpc) is 2.30. The average molecular weight is 211 g/mol. The summed E-state index contributed by atoms with van der Waals surface area (Å²) in [5, 5.41) is 0. The van der Waals surface area contributed by atoms with Gasteiger partial charge in [0.05, 0.1) is 0 Å². The molecular weight excluding hydrogens is 190 g/mol. The van der Waals surface area contributed by atoms with Crippen LogP contribution in [0.3, 0.4) is 0 Å². The minimum absolute atomic E-state index is 0.349. The first-order valence-electron chi connectivity index (χ1n) is 6.00. The third kappa shape index (κ3) is 2.49. The van der Waals surface area contributed by atoms with Crippen LogP contribution in [0.25, 0.3) is 0 Å². The van der Waals surface area contributed by atoms with Crippen LogP contribution in [0.15, 0.2) is 0 Å². The fourth-order valence-electron chi connectivity index (χ4n) is 2.77. The first kappa shape index (κ1) is 10.9. The summed E-state index contributed by atoms with van der Waals surface area (Å²) in [5.41, 5.74) is 6.15. The fourth-order valence-corrected chi connectivity index (χ4v) is 2.77. The predicted octanol–water partition coefficient (Wildman–Crippen LogP) is 0.0303. The monoisotopic (exact) mass is 211 g/mol. The van der Waals surface area contributed by atoms with Crippen LogP contribution < -0.4 is 5.73 Å². The minimum Gasteiger partial charge on any atom is -0.343 e. The molecule has 4 heteroatoms. The minimum atomic E-state index is 0.349. The number of amides is 1. The predicted molar refractivity (Wildman–Crippen MR) is 59.4 cm³/mol. The van der Waals surface area contributed by atoms with Gasteiger partial charge >= 0.3 is 0 Å². The van der Waals surface area contributed by atoms with Crippen molar-refractivity contribution in [3.05, 3.63) is 0 Å². The van der Waals surface area contributed by atoms with Gasteiger partial charge in [0.1, 0.15) is 0 Å². The third-order valence-corrected chi connectivity index (χ3v) is 3.75. The maximum Gasteiger partial charge on any atom is 0.209 e. The first-order valence-corrected chi connectivity index (χ1v) is 6.00. The highest BCUT2D eigenvalue weighted by atomic mass is 16.1. The highest BCUT2D eigenvalue weighted by Crippen LogP contribution is 2.22. The van der Waals surface area contributed by atoms with Crippen LogP contribution in [-0.2, 0) is 4.79 Å². The van der Waals surface area contributed by atoms with E-state index in [1.165, 1.54) is 25.7 Å². The van der Waals surface area contributed by atoms with Crippen LogP contribution in [0.5, 0.6) is 0 Å². The van der Waals surface area contributed by atoms with Crippen molar-refractivity contribution < 1.29 is 4.79 Å². The Morgan fingerprint density at radius 2 is 1.73 bits per heavy atom. The molecule has 1 heterocycles. The summed E-state index contributed by atoms with van der Waals surface area (Å²) in [5.74, 6) is 0. The van der Waals surface area contributed by atoms with E-state index in [0.29, 0.717) is 12.1 Å². The molecule has 1 amide bonds. The number of nitrogens with two attached hydrogens (primary N) is 1. The van der Waals surface area contributed by atoms with Crippen molar-refractivity contribution in [2.75, 3.05) is 26.2 Å². The zero-order valence-electron chi connectivity index (χ0n) is 9.27. The van der Waals surface area contributed by atoms with Crippen LogP contribution >= 0.6 is 0 Å². The van der Waals surface area contributed by atoms with Gasteiger partial charge in [-0.3, -0.25) is 9.69 Å². The summed E-state index contributed by atoms with van der Waals surface area (Å²) < 4.78 is 0. The summed E-state index contributed by atoms with van der Waals surface area (Å²) in [7, 11) is 0. The van der Waals surface area contributed by atoms with E-state index < -0.39 is 0 Å². The summed E-state index contributed by atoms with van der Waals surface area (Å²) in [6, 6.07) is 0.911. The smallest absolute Gasteiger partial charge is 0.209 e. The normalized spacial score (nSPS) is 34.1. The lowest BCUT2D eigenvalue weighted by Gasteiger charge is -2.42. The molecule has 1 aliphatic carbocycles.